The average Bonchev–Trinajstić information content (AvgIpc) is 2.55. The Morgan fingerprint density at radius 3 is 2.79 bits per heavy atom. The number of amides is 3. The van der Waals surface area contributed by atoms with E-state index in [1.807, 2.05) is 0 Å². The minimum absolute atomic E-state index is 0.0512. The quantitative estimate of drug-likeness (QED) is 0.710. The topological polar surface area (TPSA) is 70.2 Å². The number of rotatable bonds is 2. The van der Waals surface area contributed by atoms with Crippen molar-refractivity contribution >= 4 is 11.9 Å². The van der Waals surface area contributed by atoms with Crippen molar-refractivity contribution in [3.63, 3.8) is 0 Å². The van der Waals surface area contributed by atoms with Gasteiger partial charge in [0.25, 0.3) is 0 Å². The number of carbonyl (C=O) groups is 2. The van der Waals surface area contributed by atoms with Crippen LogP contribution in [-0.2, 0) is 4.79 Å². The summed E-state index contributed by atoms with van der Waals surface area (Å²) in [5.41, 5.74) is 0. The van der Waals surface area contributed by atoms with Crippen LogP contribution in [-0.4, -0.2) is 30.6 Å². The summed E-state index contributed by atoms with van der Waals surface area (Å²) in [6.45, 7) is 2.95. The van der Waals surface area contributed by atoms with Crippen LogP contribution in [0.15, 0.2) is 0 Å². The summed E-state index contributed by atoms with van der Waals surface area (Å²) >= 11 is 0. The fraction of sp³-hybridized carbons (Fsp3) is 0.857. The molecule has 0 aromatic carbocycles. The van der Waals surface area contributed by atoms with Crippen LogP contribution in [0.3, 0.4) is 0 Å². The maximum atomic E-state index is 11.9. The molecule has 3 atom stereocenters. The van der Waals surface area contributed by atoms with E-state index in [0.717, 1.165) is 38.6 Å². The van der Waals surface area contributed by atoms with E-state index in [1.165, 1.54) is 12.8 Å². The largest absolute Gasteiger partial charge is 0.354 e. The summed E-state index contributed by atoms with van der Waals surface area (Å²) in [6.07, 6.45) is 7.23. The van der Waals surface area contributed by atoms with E-state index in [4.69, 9.17) is 0 Å². The van der Waals surface area contributed by atoms with Crippen LogP contribution in [0.2, 0.25) is 0 Å². The molecule has 0 bridgehead atoms. The molecule has 3 N–H and O–H groups in total. The molecule has 0 radical (unpaired) electrons. The number of urea groups is 1. The first-order valence-electron chi connectivity index (χ1n) is 7.50. The van der Waals surface area contributed by atoms with Gasteiger partial charge in [0.05, 0.1) is 0 Å². The van der Waals surface area contributed by atoms with Crippen LogP contribution >= 0.6 is 0 Å². The molecule has 1 aliphatic carbocycles. The fourth-order valence-corrected chi connectivity index (χ4v) is 3.03. The standard InChI is InChI=1S/C14H25N3O2/c1-10-5-4-6-11(9-10)16-14(19)17-12-7-2-3-8-15-13(12)18/h10-12H,2-9H2,1H3,(H,15,18)(H2,16,17,19). The molecular weight excluding hydrogens is 242 g/mol. The van der Waals surface area contributed by atoms with Crippen LogP contribution in [0.25, 0.3) is 0 Å². The summed E-state index contributed by atoms with van der Waals surface area (Å²) in [7, 11) is 0. The predicted octanol–water partition coefficient (Wildman–Crippen LogP) is 1.53. The second kappa shape index (κ2) is 6.78. The van der Waals surface area contributed by atoms with Crippen molar-refractivity contribution in [2.24, 2.45) is 5.92 Å². The van der Waals surface area contributed by atoms with Crippen molar-refractivity contribution < 1.29 is 9.59 Å². The molecule has 2 aliphatic rings. The third kappa shape index (κ3) is 4.40. The van der Waals surface area contributed by atoms with Crippen molar-refractivity contribution in [2.45, 2.75) is 64.0 Å². The summed E-state index contributed by atoms with van der Waals surface area (Å²) in [5.74, 6) is 0.630. The molecule has 2 fully saturated rings. The van der Waals surface area contributed by atoms with E-state index in [-0.39, 0.29) is 24.0 Å². The van der Waals surface area contributed by atoms with Crippen LogP contribution in [0.1, 0.15) is 51.9 Å². The van der Waals surface area contributed by atoms with Gasteiger partial charge >= 0.3 is 6.03 Å². The predicted molar refractivity (Wildman–Crippen MR) is 73.7 cm³/mol. The first-order chi connectivity index (χ1) is 9.15. The summed E-state index contributed by atoms with van der Waals surface area (Å²) in [6, 6.07) is -0.303. The van der Waals surface area contributed by atoms with Gasteiger partial charge in [-0.25, -0.2) is 4.79 Å². The zero-order valence-electron chi connectivity index (χ0n) is 11.7. The second-order valence-corrected chi connectivity index (χ2v) is 5.93. The van der Waals surface area contributed by atoms with E-state index in [2.05, 4.69) is 22.9 Å². The van der Waals surface area contributed by atoms with E-state index in [1.54, 1.807) is 0 Å². The SMILES string of the molecule is CC1CCCC(NC(=O)NC2CCCCNC2=O)C1. The van der Waals surface area contributed by atoms with Gasteiger partial charge < -0.3 is 16.0 Å². The Hall–Kier alpha value is -1.26. The van der Waals surface area contributed by atoms with Gasteiger partial charge in [0.1, 0.15) is 6.04 Å². The molecule has 0 aromatic rings. The highest BCUT2D eigenvalue weighted by Gasteiger charge is 2.25. The number of hydrogen-bond acceptors (Lipinski definition) is 2. The Labute approximate surface area is 114 Å². The maximum Gasteiger partial charge on any atom is 0.315 e. The normalized spacial score (nSPS) is 32.1. The highest BCUT2D eigenvalue weighted by atomic mass is 16.2. The average molecular weight is 267 g/mol. The summed E-state index contributed by atoms with van der Waals surface area (Å²) in [4.78, 5) is 23.7. The molecule has 5 nitrogen and oxygen atoms in total. The molecule has 1 saturated carbocycles. The molecule has 2 rings (SSSR count). The van der Waals surface area contributed by atoms with Gasteiger partial charge in [-0.3, -0.25) is 4.79 Å². The van der Waals surface area contributed by atoms with Crippen LogP contribution in [0, 0.1) is 5.92 Å². The first-order valence-corrected chi connectivity index (χ1v) is 7.50. The third-order valence-corrected chi connectivity index (χ3v) is 4.11. The molecule has 0 aromatic heterocycles. The Kier molecular flexibility index (Phi) is 5.05. The minimum Gasteiger partial charge on any atom is -0.354 e. The Bertz CT molecular complexity index is 333. The van der Waals surface area contributed by atoms with Crippen LogP contribution < -0.4 is 16.0 Å². The van der Waals surface area contributed by atoms with Crippen LogP contribution in [0.5, 0.6) is 0 Å². The van der Waals surface area contributed by atoms with Gasteiger partial charge in [-0.05, 0) is 38.0 Å². The molecule has 108 valence electrons. The van der Waals surface area contributed by atoms with Gasteiger partial charge in [0, 0.05) is 12.6 Å². The van der Waals surface area contributed by atoms with Gasteiger partial charge in [-0.1, -0.05) is 19.8 Å². The molecule has 1 aliphatic heterocycles. The Morgan fingerprint density at radius 1 is 1.16 bits per heavy atom. The van der Waals surface area contributed by atoms with Crippen molar-refractivity contribution in [3.8, 4) is 0 Å². The van der Waals surface area contributed by atoms with Crippen LogP contribution in [0.4, 0.5) is 4.79 Å². The first kappa shape index (κ1) is 14.2. The summed E-state index contributed by atoms with van der Waals surface area (Å²) < 4.78 is 0. The summed E-state index contributed by atoms with van der Waals surface area (Å²) in [5, 5.41) is 8.65. The fourth-order valence-electron chi connectivity index (χ4n) is 3.03. The van der Waals surface area contributed by atoms with Crippen molar-refractivity contribution in [2.75, 3.05) is 6.54 Å². The monoisotopic (exact) mass is 267 g/mol. The van der Waals surface area contributed by atoms with Gasteiger partial charge in [0.2, 0.25) is 5.91 Å². The van der Waals surface area contributed by atoms with Crippen molar-refractivity contribution in [1.82, 2.24) is 16.0 Å². The van der Waals surface area contributed by atoms with E-state index >= 15 is 0 Å². The molecule has 0 spiro atoms. The lowest BCUT2D eigenvalue weighted by Crippen LogP contribution is -2.51. The second-order valence-electron chi connectivity index (χ2n) is 5.93. The van der Waals surface area contributed by atoms with Gasteiger partial charge in [-0.15, -0.1) is 0 Å². The third-order valence-electron chi connectivity index (χ3n) is 4.11. The number of hydrogen-bond donors (Lipinski definition) is 3. The smallest absolute Gasteiger partial charge is 0.315 e. The zero-order chi connectivity index (χ0) is 13.7. The lowest BCUT2D eigenvalue weighted by molar-refractivity contribution is -0.122. The van der Waals surface area contributed by atoms with E-state index in [0.29, 0.717) is 5.92 Å². The molecule has 3 amide bonds. The van der Waals surface area contributed by atoms with E-state index < -0.39 is 0 Å². The lowest BCUT2D eigenvalue weighted by Gasteiger charge is -2.28. The molecular formula is C14H25N3O2. The zero-order valence-corrected chi connectivity index (χ0v) is 11.7. The molecule has 3 unspecified atom stereocenters. The lowest BCUT2D eigenvalue weighted by atomic mass is 9.87. The van der Waals surface area contributed by atoms with Crippen molar-refractivity contribution in [1.29, 1.82) is 0 Å². The number of carbonyl (C=O) groups excluding carboxylic acids is 2. The number of nitrogens with one attached hydrogen (secondary N) is 3. The maximum absolute atomic E-state index is 11.9. The molecule has 1 saturated heterocycles. The van der Waals surface area contributed by atoms with Crippen molar-refractivity contribution in [3.05, 3.63) is 0 Å². The van der Waals surface area contributed by atoms with Gasteiger partial charge in [0.15, 0.2) is 0 Å². The van der Waals surface area contributed by atoms with E-state index in [9.17, 15) is 9.59 Å². The Balaban J connectivity index is 1.78. The molecule has 19 heavy (non-hydrogen) atoms. The minimum atomic E-state index is -0.372. The highest BCUT2D eigenvalue weighted by molar-refractivity contribution is 5.87. The molecule has 1 heterocycles. The Morgan fingerprint density at radius 2 is 2.00 bits per heavy atom. The molecule has 5 heteroatoms. The highest BCUT2D eigenvalue weighted by Crippen LogP contribution is 2.23. The van der Waals surface area contributed by atoms with Gasteiger partial charge in [-0.2, -0.15) is 0 Å².